The van der Waals surface area contributed by atoms with Crippen molar-refractivity contribution in [2.24, 2.45) is 11.8 Å². The predicted octanol–water partition coefficient (Wildman–Crippen LogP) is 2.73. The summed E-state index contributed by atoms with van der Waals surface area (Å²) in [6, 6.07) is 0. The molecule has 1 N–H and O–H groups in total. The third kappa shape index (κ3) is 5.38. The number of hydrogen-bond acceptors (Lipinski definition) is 2. The van der Waals surface area contributed by atoms with Crippen LogP contribution in [0.4, 0.5) is 0 Å². The standard InChI is InChI=1S/C13H24BrNO2/c1-3-4-11(5-6-14)8-15-13(16)12-7-10(2)17-9-12/h10-12H,3-9H2,1-2H3,(H,15,16). The molecule has 0 radical (unpaired) electrons. The molecule has 1 rings (SSSR count). The average molecular weight is 306 g/mol. The van der Waals surface area contributed by atoms with E-state index in [0.717, 1.165) is 24.7 Å². The van der Waals surface area contributed by atoms with Gasteiger partial charge in [-0.05, 0) is 32.1 Å². The SMILES string of the molecule is CCCC(CCBr)CNC(=O)C1COC(C)C1. The van der Waals surface area contributed by atoms with Crippen molar-refractivity contribution in [1.82, 2.24) is 5.32 Å². The van der Waals surface area contributed by atoms with E-state index in [0.29, 0.717) is 12.5 Å². The molecule has 1 fully saturated rings. The molecule has 4 heteroatoms. The fourth-order valence-corrected chi connectivity index (χ4v) is 2.95. The second kappa shape index (κ2) is 8.09. The first-order chi connectivity index (χ1) is 8.17. The molecule has 100 valence electrons. The van der Waals surface area contributed by atoms with Crippen molar-refractivity contribution in [3.05, 3.63) is 0 Å². The molecular weight excluding hydrogens is 282 g/mol. The number of halogens is 1. The highest BCUT2D eigenvalue weighted by Gasteiger charge is 2.28. The van der Waals surface area contributed by atoms with Gasteiger partial charge in [0.1, 0.15) is 0 Å². The van der Waals surface area contributed by atoms with Crippen LogP contribution in [-0.4, -0.2) is 30.5 Å². The quantitative estimate of drug-likeness (QED) is 0.735. The summed E-state index contributed by atoms with van der Waals surface area (Å²) in [7, 11) is 0. The Morgan fingerprint density at radius 3 is 2.82 bits per heavy atom. The fourth-order valence-electron chi connectivity index (χ4n) is 2.30. The normalized spacial score (nSPS) is 25.8. The molecule has 0 saturated carbocycles. The zero-order valence-electron chi connectivity index (χ0n) is 10.9. The fraction of sp³-hybridized carbons (Fsp3) is 0.923. The first kappa shape index (κ1) is 15.0. The molecule has 1 aliphatic heterocycles. The molecular formula is C13H24BrNO2. The third-order valence-corrected chi connectivity index (χ3v) is 3.81. The minimum Gasteiger partial charge on any atom is -0.378 e. The summed E-state index contributed by atoms with van der Waals surface area (Å²) in [5, 5.41) is 4.09. The zero-order chi connectivity index (χ0) is 12.7. The van der Waals surface area contributed by atoms with E-state index in [2.05, 4.69) is 28.2 Å². The van der Waals surface area contributed by atoms with Crippen molar-refractivity contribution >= 4 is 21.8 Å². The first-order valence-electron chi connectivity index (χ1n) is 6.62. The maximum absolute atomic E-state index is 11.9. The number of nitrogens with one attached hydrogen (secondary N) is 1. The van der Waals surface area contributed by atoms with E-state index >= 15 is 0 Å². The van der Waals surface area contributed by atoms with Crippen molar-refractivity contribution in [2.75, 3.05) is 18.5 Å². The van der Waals surface area contributed by atoms with Crippen molar-refractivity contribution in [1.29, 1.82) is 0 Å². The highest BCUT2D eigenvalue weighted by atomic mass is 79.9. The van der Waals surface area contributed by atoms with E-state index in [4.69, 9.17) is 4.74 Å². The minimum atomic E-state index is 0.0660. The van der Waals surface area contributed by atoms with Gasteiger partial charge in [0.05, 0.1) is 18.6 Å². The highest BCUT2D eigenvalue weighted by molar-refractivity contribution is 9.09. The average Bonchev–Trinajstić information content (AvgIpc) is 2.73. The second-order valence-corrected chi connectivity index (χ2v) is 5.75. The van der Waals surface area contributed by atoms with Crippen LogP contribution in [0.3, 0.4) is 0 Å². The number of rotatable bonds is 7. The molecule has 3 nitrogen and oxygen atoms in total. The summed E-state index contributed by atoms with van der Waals surface area (Å²) in [6.45, 7) is 5.61. The van der Waals surface area contributed by atoms with Gasteiger partial charge in [-0.15, -0.1) is 0 Å². The summed E-state index contributed by atoms with van der Waals surface area (Å²) in [5.41, 5.74) is 0. The Hall–Kier alpha value is -0.0900. The van der Waals surface area contributed by atoms with Crippen molar-refractivity contribution in [2.45, 2.75) is 45.6 Å². The second-order valence-electron chi connectivity index (χ2n) is 4.95. The van der Waals surface area contributed by atoms with Crippen LogP contribution in [0.15, 0.2) is 0 Å². The Kier molecular flexibility index (Phi) is 7.12. The number of carbonyl (C=O) groups excluding carboxylic acids is 1. The number of ether oxygens (including phenoxy) is 1. The van der Waals surface area contributed by atoms with E-state index in [9.17, 15) is 4.79 Å². The third-order valence-electron chi connectivity index (χ3n) is 3.35. The van der Waals surface area contributed by atoms with Crippen LogP contribution in [0.1, 0.15) is 39.5 Å². The lowest BCUT2D eigenvalue weighted by atomic mass is 10.00. The molecule has 0 aromatic carbocycles. The van der Waals surface area contributed by atoms with Gasteiger partial charge in [0.15, 0.2) is 0 Å². The molecule has 0 aromatic heterocycles. The lowest BCUT2D eigenvalue weighted by Gasteiger charge is -2.17. The minimum absolute atomic E-state index is 0.0660. The summed E-state index contributed by atoms with van der Waals surface area (Å²) in [6.07, 6.45) is 4.59. The molecule has 0 aliphatic carbocycles. The highest BCUT2D eigenvalue weighted by Crippen LogP contribution is 2.19. The number of amides is 1. The van der Waals surface area contributed by atoms with Gasteiger partial charge in [0.25, 0.3) is 0 Å². The van der Waals surface area contributed by atoms with Crippen molar-refractivity contribution in [3.63, 3.8) is 0 Å². The van der Waals surface area contributed by atoms with Gasteiger partial charge in [-0.1, -0.05) is 29.3 Å². The lowest BCUT2D eigenvalue weighted by Crippen LogP contribution is -2.34. The maximum Gasteiger partial charge on any atom is 0.225 e. The summed E-state index contributed by atoms with van der Waals surface area (Å²) >= 11 is 3.47. The number of alkyl halides is 1. The monoisotopic (exact) mass is 305 g/mol. The van der Waals surface area contributed by atoms with Crippen LogP contribution in [0.5, 0.6) is 0 Å². The van der Waals surface area contributed by atoms with Crippen LogP contribution < -0.4 is 5.32 Å². The van der Waals surface area contributed by atoms with Crippen LogP contribution >= 0.6 is 15.9 Å². The van der Waals surface area contributed by atoms with Gasteiger partial charge in [0, 0.05) is 11.9 Å². The predicted molar refractivity (Wildman–Crippen MR) is 73.3 cm³/mol. The number of hydrogen-bond donors (Lipinski definition) is 1. The Bertz CT molecular complexity index is 229. The van der Waals surface area contributed by atoms with Crippen LogP contribution in [-0.2, 0) is 9.53 Å². The Balaban J connectivity index is 2.25. The van der Waals surface area contributed by atoms with E-state index < -0.39 is 0 Å². The molecule has 1 heterocycles. The van der Waals surface area contributed by atoms with E-state index in [1.54, 1.807) is 0 Å². The van der Waals surface area contributed by atoms with Gasteiger partial charge in [0.2, 0.25) is 5.91 Å². The van der Waals surface area contributed by atoms with Crippen LogP contribution in [0.2, 0.25) is 0 Å². The van der Waals surface area contributed by atoms with Crippen LogP contribution in [0.25, 0.3) is 0 Å². The molecule has 0 spiro atoms. The van der Waals surface area contributed by atoms with Gasteiger partial charge >= 0.3 is 0 Å². The maximum atomic E-state index is 11.9. The largest absolute Gasteiger partial charge is 0.378 e. The van der Waals surface area contributed by atoms with Gasteiger partial charge < -0.3 is 10.1 Å². The summed E-state index contributed by atoms with van der Waals surface area (Å²) in [5.74, 6) is 0.837. The molecule has 0 aromatic rings. The van der Waals surface area contributed by atoms with E-state index in [1.807, 2.05) is 6.92 Å². The zero-order valence-corrected chi connectivity index (χ0v) is 12.5. The lowest BCUT2D eigenvalue weighted by molar-refractivity contribution is -0.125. The molecule has 0 bridgehead atoms. The molecule has 1 amide bonds. The van der Waals surface area contributed by atoms with E-state index in [-0.39, 0.29) is 17.9 Å². The molecule has 17 heavy (non-hydrogen) atoms. The van der Waals surface area contributed by atoms with Crippen molar-refractivity contribution < 1.29 is 9.53 Å². The van der Waals surface area contributed by atoms with Crippen molar-refractivity contribution in [3.8, 4) is 0 Å². The summed E-state index contributed by atoms with van der Waals surface area (Å²) in [4.78, 5) is 11.9. The number of carbonyl (C=O) groups is 1. The molecule has 1 aliphatic rings. The molecule has 3 unspecified atom stereocenters. The molecule has 3 atom stereocenters. The smallest absolute Gasteiger partial charge is 0.225 e. The molecule has 1 saturated heterocycles. The van der Waals surface area contributed by atoms with Gasteiger partial charge in [-0.2, -0.15) is 0 Å². The van der Waals surface area contributed by atoms with Crippen LogP contribution in [0, 0.1) is 11.8 Å². The van der Waals surface area contributed by atoms with E-state index in [1.165, 1.54) is 12.8 Å². The van der Waals surface area contributed by atoms with Gasteiger partial charge in [-0.25, -0.2) is 0 Å². The summed E-state index contributed by atoms with van der Waals surface area (Å²) < 4.78 is 5.42. The topological polar surface area (TPSA) is 38.3 Å². The Morgan fingerprint density at radius 2 is 2.29 bits per heavy atom. The Labute approximate surface area is 113 Å². The first-order valence-corrected chi connectivity index (χ1v) is 7.74. The van der Waals surface area contributed by atoms with Gasteiger partial charge in [-0.3, -0.25) is 4.79 Å². The Morgan fingerprint density at radius 1 is 1.53 bits per heavy atom.